The molecule has 0 radical (unpaired) electrons. The fourth-order valence-electron chi connectivity index (χ4n) is 4.05. The fourth-order valence-corrected chi connectivity index (χ4v) is 4.77. The summed E-state index contributed by atoms with van der Waals surface area (Å²) in [6, 6.07) is 19.4. The minimum absolute atomic E-state index is 0.00139. The quantitative estimate of drug-likeness (QED) is 0.179. The first-order valence-electron chi connectivity index (χ1n) is 13.1. The van der Waals surface area contributed by atoms with Crippen LogP contribution in [0.15, 0.2) is 72.1 Å². The summed E-state index contributed by atoms with van der Waals surface area (Å²) in [4.78, 5) is 31.3. The monoisotopic (exact) mass is 550 g/mol. The van der Waals surface area contributed by atoms with Crippen molar-refractivity contribution in [2.75, 3.05) is 47.1 Å². The molecule has 1 heterocycles. The van der Waals surface area contributed by atoms with Crippen LogP contribution in [-0.4, -0.2) is 68.7 Å². The van der Waals surface area contributed by atoms with E-state index in [0.717, 1.165) is 16.0 Å². The number of thiophene rings is 1. The summed E-state index contributed by atoms with van der Waals surface area (Å²) in [5, 5.41) is 2.00. The normalized spacial score (nSPS) is 10.9. The highest BCUT2D eigenvalue weighted by molar-refractivity contribution is 7.09. The van der Waals surface area contributed by atoms with Gasteiger partial charge in [0, 0.05) is 37.3 Å². The van der Waals surface area contributed by atoms with Crippen LogP contribution in [0.3, 0.4) is 0 Å². The second-order valence-corrected chi connectivity index (χ2v) is 9.92. The van der Waals surface area contributed by atoms with Gasteiger partial charge >= 0.3 is 0 Å². The van der Waals surface area contributed by atoms with Gasteiger partial charge in [0.25, 0.3) is 0 Å². The third-order valence-corrected chi connectivity index (χ3v) is 7.04. The van der Waals surface area contributed by atoms with Crippen LogP contribution in [0.4, 0.5) is 0 Å². The molecular formula is C31H38N2O5S. The molecule has 1 aromatic heterocycles. The maximum atomic E-state index is 13.6. The highest BCUT2D eigenvalue weighted by atomic mass is 32.1. The Bertz CT molecular complexity index is 1180. The molecule has 0 atom stereocenters. The third-order valence-electron chi connectivity index (χ3n) is 6.17. The van der Waals surface area contributed by atoms with Crippen LogP contribution < -0.4 is 9.47 Å². The van der Waals surface area contributed by atoms with Gasteiger partial charge in [0.05, 0.1) is 20.8 Å². The van der Waals surface area contributed by atoms with Gasteiger partial charge in [0.1, 0.15) is 6.54 Å². The topological polar surface area (TPSA) is 68.3 Å². The molecule has 0 N–H and O–H groups in total. The number of hydrogen-bond donors (Lipinski definition) is 0. The van der Waals surface area contributed by atoms with E-state index in [0.29, 0.717) is 57.2 Å². The Morgan fingerprint density at radius 1 is 0.923 bits per heavy atom. The second kappa shape index (κ2) is 16.4. The van der Waals surface area contributed by atoms with Crippen LogP contribution in [0, 0.1) is 0 Å². The van der Waals surface area contributed by atoms with Gasteiger partial charge in [0.15, 0.2) is 11.5 Å². The van der Waals surface area contributed by atoms with Crippen molar-refractivity contribution in [2.45, 2.75) is 26.3 Å². The van der Waals surface area contributed by atoms with Crippen LogP contribution in [0.25, 0.3) is 6.08 Å². The molecule has 2 amide bonds. The predicted molar refractivity (Wildman–Crippen MR) is 156 cm³/mol. The van der Waals surface area contributed by atoms with Crippen LogP contribution in [0.5, 0.6) is 11.5 Å². The SMILES string of the molecule is CCOCCCN(CC(=O)N(CCc1ccc(OC)c(OC)c1)Cc1cccs1)C(=O)/C=C/c1ccccc1. The van der Waals surface area contributed by atoms with Crippen molar-refractivity contribution in [1.29, 1.82) is 0 Å². The van der Waals surface area contributed by atoms with Gasteiger partial charge in [-0.1, -0.05) is 42.5 Å². The van der Waals surface area contributed by atoms with Crippen molar-refractivity contribution in [2.24, 2.45) is 0 Å². The highest BCUT2D eigenvalue weighted by Gasteiger charge is 2.21. The number of carbonyl (C=O) groups excluding carboxylic acids is 2. The number of carbonyl (C=O) groups is 2. The molecule has 0 aliphatic rings. The van der Waals surface area contributed by atoms with Gasteiger partial charge in [-0.05, 0) is 60.5 Å². The molecule has 0 aliphatic heterocycles. The smallest absolute Gasteiger partial charge is 0.247 e. The molecule has 7 nitrogen and oxygen atoms in total. The van der Waals surface area contributed by atoms with E-state index in [1.54, 1.807) is 36.5 Å². The number of hydrogen-bond acceptors (Lipinski definition) is 6. The third kappa shape index (κ3) is 9.89. The van der Waals surface area contributed by atoms with Crippen LogP contribution in [0.2, 0.25) is 0 Å². The van der Waals surface area contributed by atoms with Gasteiger partial charge in [-0.25, -0.2) is 0 Å². The molecule has 0 aliphatic carbocycles. The molecule has 0 bridgehead atoms. The minimum Gasteiger partial charge on any atom is -0.493 e. The molecule has 0 fully saturated rings. The van der Waals surface area contributed by atoms with Gasteiger partial charge in [0.2, 0.25) is 11.8 Å². The lowest BCUT2D eigenvalue weighted by atomic mass is 10.1. The summed E-state index contributed by atoms with van der Waals surface area (Å²) >= 11 is 1.61. The molecule has 3 aromatic rings. The molecule has 8 heteroatoms. The van der Waals surface area contributed by atoms with Gasteiger partial charge in [-0.2, -0.15) is 0 Å². The van der Waals surface area contributed by atoms with E-state index in [2.05, 4.69) is 0 Å². The van der Waals surface area contributed by atoms with Gasteiger partial charge in [-0.3, -0.25) is 9.59 Å². The van der Waals surface area contributed by atoms with E-state index in [-0.39, 0.29) is 18.4 Å². The maximum Gasteiger partial charge on any atom is 0.247 e. The van der Waals surface area contributed by atoms with Crippen molar-refractivity contribution < 1.29 is 23.8 Å². The Kier molecular flexibility index (Phi) is 12.6. The highest BCUT2D eigenvalue weighted by Crippen LogP contribution is 2.28. The number of ether oxygens (including phenoxy) is 3. The Balaban J connectivity index is 1.73. The zero-order valence-electron chi connectivity index (χ0n) is 23.0. The molecule has 0 saturated carbocycles. The fraction of sp³-hybridized carbons (Fsp3) is 0.355. The number of nitrogens with zero attached hydrogens (tertiary/aromatic N) is 2. The summed E-state index contributed by atoms with van der Waals surface area (Å²) in [5.41, 5.74) is 1.97. The first-order valence-corrected chi connectivity index (χ1v) is 14.0. The maximum absolute atomic E-state index is 13.6. The molecule has 0 saturated heterocycles. The summed E-state index contributed by atoms with van der Waals surface area (Å²) in [7, 11) is 3.22. The van der Waals surface area contributed by atoms with Crippen LogP contribution >= 0.6 is 11.3 Å². The molecule has 208 valence electrons. The lowest BCUT2D eigenvalue weighted by Crippen LogP contribution is -2.43. The zero-order valence-corrected chi connectivity index (χ0v) is 23.8. The Hall–Kier alpha value is -3.62. The van der Waals surface area contributed by atoms with E-state index in [9.17, 15) is 9.59 Å². The standard InChI is InChI=1S/C31H38N2O5S/c1-4-38-20-9-18-32(30(34)16-14-25-10-6-5-7-11-25)24-31(35)33(23-27-12-8-21-39-27)19-17-26-13-15-28(36-2)29(22-26)37-3/h5-8,10-16,21-22H,4,9,17-20,23-24H2,1-3H3/b16-14+. The molecule has 0 unspecified atom stereocenters. The Morgan fingerprint density at radius 2 is 1.72 bits per heavy atom. The zero-order chi connectivity index (χ0) is 27.9. The van der Waals surface area contributed by atoms with E-state index in [1.165, 1.54) is 6.08 Å². The number of amides is 2. The summed E-state index contributed by atoms with van der Waals surface area (Å²) < 4.78 is 16.3. The molecule has 0 spiro atoms. The average molecular weight is 551 g/mol. The average Bonchev–Trinajstić information content (AvgIpc) is 3.49. The van der Waals surface area contributed by atoms with E-state index in [4.69, 9.17) is 14.2 Å². The Morgan fingerprint density at radius 3 is 2.41 bits per heavy atom. The van der Waals surface area contributed by atoms with E-state index < -0.39 is 0 Å². The lowest BCUT2D eigenvalue weighted by molar-refractivity contribution is -0.138. The molecule has 2 aromatic carbocycles. The number of rotatable bonds is 16. The van der Waals surface area contributed by atoms with Crippen molar-refractivity contribution in [3.8, 4) is 11.5 Å². The van der Waals surface area contributed by atoms with Gasteiger partial charge < -0.3 is 24.0 Å². The van der Waals surface area contributed by atoms with Gasteiger partial charge in [-0.15, -0.1) is 11.3 Å². The first kappa shape index (κ1) is 29.9. The van der Waals surface area contributed by atoms with Crippen molar-refractivity contribution in [3.05, 3.63) is 88.1 Å². The molecular weight excluding hydrogens is 512 g/mol. The Labute approximate surface area is 235 Å². The second-order valence-electron chi connectivity index (χ2n) is 8.89. The minimum atomic E-state index is -0.195. The molecule has 39 heavy (non-hydrogen) atoms. The van der Waals surface area contributed by atoms with Crippen molar-refractivity contribution >= 4 is 29.2 Å². The van der Waals surface area contributed by atoms with Crippen LogP contribution in [0.1, 0.15) is 29.3 Å². The largest absolute Gasteiger partial charge is 0.493 e. The van der Waals surface area contributed by atoms with Crippen molar-refractivity contribution in [3.63, 3.8) is 0 Å². The summed E-state index contributed by atoms with van der Waals surface area (Å²) in [5.74, 6) is 1.03. The first-order chi connectivity index (χ1) is 19.0. The summed E-state index contributed by atoms with van der Waals surface area (Å²) in [6.45, 7) is 4.53. The number of methoxy groups -OCH3 is 2. The number of benzene rings is 2. The van der Waals surface area contributed by atoms with E-state index in [1.807, 2.05) is 77.9 Å². The molecule has 3 rings (SSSR count). The van der Waals surface area contributed by atoms with Crippen LogP contribution in [-0.2, 0) is 27.3 Å². The lowest BCUT2D eigenvalue weighted by Gasteiger charge is -2.27. The summed E-state index contributed by atoms with van der Waals surface area (Å²) in [6.07, 6.45) is 4.62. The van der Waals surface area contributed by atoms with E-state index >= 15 is 0 Å². The van der Waals surface area contributed by atoms with Crippen molar-refractivity contribution in [1.82, 2.24) is 9.80 Å². The predicted octanol–water partition coefficient (Wildman–Crippen LogP) is 5.31.